The average molecular weight is 343 g/mol. The molecule has 0 fully saturated rings. The Labute approximate surface area is 128 Å². The van der Waals surface area contributed by atoms with E-state index >= 15 is 0 Å². The fraction of sp³-hybridized carbons (Fsp3) is 0.533. The zero-order chi connectivity index (χ0) is 15.3. The summed E-state index contributed by atoms with van der Waals surface area (Å²) < 4.78 is 0.783. The molecule has 0 atom stereocenters. The smallest absolute Gasteiger partial charge is 0.251 e. The number of aliphatic hydroxyl groups excluding tert-OH is 1. The van der Waals surface area contributed by atoms with Crippen LogP contribution in [0, 0.1) is 12.3 Å². The molecule has 0 aliphatic heterocycles. The second kappa shape index (κ2) is 7.09. The summed E-state index contributed by atoms with van der Waals surface area (Å²) in [5, 5.41) is 12.4. The second-order valence-corrected chi connectivity index (χ2v) is 6.13. The Hall–Kier alpha value is -1.07. The highest BCUT2D eigenvalue weighted by Gasteiger charge is 2.26. The van der Waals surface area contributed by atoms with Crippen molar-refractivity contribution in [3.05, 3.63) is 27.7 Å². The van der Waals surface area contributed by atoms with Crippen molar-refractivity contribution in [2.75, 3.05) is 18.9 Å². The van der Waals surface area contributed by atoms with Gasteiger partial charge in [0.2, 0.25) is 0 Å². The first-order chi connectivity index (χ1) is 9.39. The van der Waals surface area contributed by atoms with Gasteiger partial charge in [-0.2, -0.15) is 0 Å². The van der Waals surface area contributed by atoms with Gasteiger partial charge < -0.3 is 16.2 Å². The number of anilines is 1. The maximum atomic E-state index is 12.3. The second-order valence-electron chi connectivity index (χ2n) is 5.22. The molecule has 1 rings (SSSR count). The van der Waals surface area contributed by atoms with E-state index < -0.39 is 0 Å². The number of nitrogen functional groups attached to an aromatic ring is 1. The highest BCUT2D eigenvalue weighted by molar-refractivity contribution is 9.10. The molecule has 112 valence electrons. The third-order valence-electron chi connectivity index (χ3n) is 4.12. The van der Waals surface area contributed by atoms with Gasteiger partial charge in [-0.3, -0.25) is 4.79 Å². The Balaban J connectivity index is 2.87. The van der Waals surface area contributed by atoms with Crippen molar-refractivity contribution >= 4 is 27.5 Å². The van der Waals surface area contributed by atoms with E-state index in [0.29, 0.717) is 17.8 Å². The molecule has 0 spiro atoms. The van der Waals surface area contributed by atoms with Gasteiger partial charge in [0.1, 0.15) is 0 Å². The van der Waals surface area contributed by atoms with Crippen LogP contribution in [0.5, 0.6) is 0 Å². The van der Waals surface area contributed by atoms with Crippen molar-refractivity contribution in [2.24, 2.45) is 5.41 Å². The number of hydrogen-bond donors (Lipinski definition) is 3. The number of halogens is 1. The monoisotopic (exact) mass is 342 g/mol. The van der Waals surface area contributed by atoms with Crippen molar-refractivity contribution in [3.63, 3.8) is 0 Å². The third kappa shape index (κ3) is 3.73. The van der Waals surface area contributed by atoms with Crippen LogP contribution in [0.1, 0.15) is 42.6 Å². The minimum atomic E-state index is -0.249. The van der Waals surface area contributed by atoms with Crippen LogP contribution >= 0.6 is 15.9 Å². The summed E-state index contributed by atoms with van der Waals surface area (Å²) in [4.78, 5) is 12.3. The van der Waals surface area contributed by atoms with Gasteiger partial charge in [-0.15, -0.1) is 0 Å². The number of carbonyl (C=O) groups excluding carboxylic acids is 1. The van der Waals surface area contributed by atoms with E-state index in [0.717, 1.165) is 22.9 Å². The fourth-order valence-corrected chi connectivity index (χ4v) is 2.55. The number of carbonyl (C=O) groups is 1. The summed E-state index contributed by atoms with van der Waals surface area (Å²) in [6, 6.07) is 3.54. The van der Waals surface area contributed by atoms with Crippen LogP contribution in [0.2, 0.25) is 0 Å². The molecule has 0 aliphatic carbocycles. The van der Waals surface area contributed by atoms with Gasteiger partial charge in [0.15, 0.2) is 0 Å². The van der Waals surface area contributed by atoms with Crippen molar-refractivity contribution in [2.45, 2.75) is 33.6 Å². The summed E-state index contributed by atoms with van der Waals surface area (Å²) in [6.07, 6.45) is 1.64. The Bertz CT molecular complexity index is 477. The molecule has 20 heavy (non-hydrogen) atoms. The van der Waals surface area contributed by atoms with Gasteiger partial charge in [-0.05, 0) is 37.5 Å². The lowest BCUT2D eigenvalue weighted by Gasteiger charge is -2.29. The number of benzene rings is 1. The van der Waals surface area contributed by atoms with Crippen LogP contribution < -0.4 is 11.1 Å². The van der Waals surface area contributed by atoms with E-state index in [1.54, 1.807) is 12.1 Å². The van der Waals surface area contributed by atoms with Crippen molar-refractivity contribution in [1.29, 1.82) is 0 Å². The summed E-state index contributed by atoms with van der Waals surface area (Å²) >= 11 is 3.35. The molecule has 0 saturated heterocycles. The highest BCUT2D eigenvalue weighted by atomic mass is 79.9. The van der Waals surface area contributed by atoms with E-state index in [2.05, 4.69) is 21.2 Å². The number of amides is 1. The SMILES string of the molecule is CCC(CC)(CO)CNC(=O)c1cc(Br)cc(N)c1C. The minimum absolute atomic E-state index is 0.0693. The van der Waals surface area contributed by atoms with E-state index in [4.69, 9.17) is 5.73 Å². The molecule has 4 N–H and O–H groups in total. The summed E-state index contributed by atoms with van der Waals surface area (Å²) in [7, 11) is 0. The lowest BCUT2D eigenvalue weighted by Crippen LogP contribution is -2.39. The Morgan fingerprint density at radius 1 is 1.40 bits per heavy atom. The number of aliphatic hydroxyl groups is 1. The number of nitrogens with two attached hydrogens (primary N) is 1. The number of rotatable bonds is 6. The Morgan fingerprint density at radius 2 is 2.00 bits per heavy atom. The molecule has 4 nitrogen and oxygen atoms in total. The average Bonchev–Trinajstić information content (AvgIpc) is 2.44. The number of hydrogen-bond acceptors (Lipinski definition) is 3. The molecule has 5 heteroatoms. The Kier molecular flexibility index (Phi) is 6.02. The molecule has 1 aromatic carbocycles. The van der Waals surface area contributed by atoms with Gasteiger partial charge in [-0.1, -0.05) is 29.8 Å². The maximum absolute atomic E-state index is 12.3. The quantitative estimate of drug-likeness (QED) is 0.695. The zero-order valence-corrected chi connectivity index (χ0v) is 13.9. The molecule has 0 bridgehead atoms. The van der Waals surface area contributed by atoms with Crippen molar-refractivity contribution < 1.29 is 9.90 Å². The first-order valence-electron chi connectivity index (χ1n) is 6.83. The van der Waals surface area contributed by atoms with Gasteiger partial charge in [0.25, 0.3) is 5.91 Å². The van der Waals surface area contributed by atoms with Crippen LogP contribution in [0.3, 0.4) is 0 Å². The fourth-order valence-electron chi connectivity index (χ4n) is 2.08. The summed E-state index contributed by atoms with van der Waals surface area (Å²) in [5.41, 5.74) is 7.55. The standard InChI is InChI=1S/C15H23BrN2O2/c1-4-15(5-2,9-19)8-18-14(20)12-6-11(16)7-13(17)10(12)3/h6-7,19H,4-5,8-9,17H2,1-3H3,(H,18,20). The van der Waals surface area contributed by atoms with Crippen LogP contribution in [0.4, 0.5) is 5.69 Å². The molecule has 1 aromatic rings. The zero-order valence-electron chi connectivity index (χ0n) is 12.3. The lowest BCUT2D eigenvalue weighted by atomic mass is 9.83. The minimum Gasteiger partial charge on any atom is -0.398 e. The van der Waals surface area contributed by atoms with E-state index in [1.807, 2.05) is 20.8 Å². The highest BCUT2D eigenvalue weighted by Crippen LogP contribution is 2.26. The predicted octanol–water partition coefficient (Wildman–Crippen LogP) is 2.87. The van der Waals surface area contributed by atoms with Crippen LogP contribution in [0.15, 0.2) is 16.6 Å². The molecular weight excluding hydrogens is 320 g/mol. The van der Waals surface area contributed by atoms with E-state index in [-0.39, 0.29) is 17.9 Å². The van der Waals surface area contributed by atoms with Gasteiger partial charge in [0.05, 0.1) is 6.61 Å². The first-order valence-corrected chi connectivity index (χ1v) is 7.63. The predicted molar refractivity (Wildman–Crippen MR) is 85.7 cm³/mol. The molecule has 1 amide bonds. The summed E-state index contributed by atoms with van der Waals surface area (Å²) in [5.74, 6) is -0.157. The van der Waals surface area contributed by atoms with Crippen molar-refractivity contribution in [3.8, 4) is 0 Å². The maximum Gasteiger partial charge on any atom is 0.251 e. The van der Waals surface area contributed by atoms with Crippen LogP contribution in [-0.4, -0.2) is 24.2 Å². The molecule has 0 aromatic heterocycles. The Morgan fingerprint density at radius 3 is 2.50 bits per heavy atom. The number of nitrogens with one attached hydrogen (secondary N) is 1. The van der Waals surface area contributed by atoms with Crippen molar-refractivity contribution in [1.82, 2.24) is 5.32 Å². The van der Waals surface area contributed by atoms with Gasteiger partial charge in [0, 0.05) is 27.7 Å². The first kappa shape index (κ1) is 17.0. The summed E-state index contributed by atoms with van der Waals surface area (Å²) in [6.45, 7) is 6.40. The topological polar surface area (TPSA) is 75.3 Å². The molecule has 0 unspecified atom stereocenters. The molecule has 0 heterocycles. The van der Waals surface area contributed by atoms with E-state index in [9.17, 15) is 9.90 Å². The molecule has 0 radical (unpaired) electrons. The van der Waals surface area contributed by atoms with Crippen LogP contribution in [0.25, 0.3) is 0 Å². The van der Waals surface area contributed by atoms with Gasteiger partial charge in [-0.25, -0.2) is 0 Å². The third-order valence-corrected chi connectivity index (χ3v) is 4.57. The lowest BCUT2D eigenvalue weighted by molar-refractivity contribution is 0.0850. The van der Waals surface area contributed by atoms with E-state index in [1.165, 1.54) is 0 Å². The molecular formula is C15H23BrN2O2. The largest absolute Gasteiger partial charge is 0.398 e. The normalized spacial score (nSPS) is 11.4. The van der Waals surface area contributed by atoms with Crippen LogP contribution in [-0.2, 0) is 0 Å². The molecule has 0 aliphatic rings. The molecule has 0 saturated carbocycles. The van der Waals surface area contributed by atoms with Gasteiger partial charge >= 0.3 is 0 Å².